The van der Waals surface area contributed by atoms with E-state index in [-0.39, 0.29) is 12.1 Å². The Hall–Kier alpha value is -3.76. The molecule has 1 fully saturated rings. The van der Waals surface area contributed by atoms with Crippen LogP contribution in [0, 0.1) is 20.8 Å². The molecule has 37 heavy (non-hydrogen) atoms. The van der Waals surface area contributed by atoms with E-state index in [1.165, 1.54) is 0 Å². The minimum atomic E-state index is -3.37. The third-order valence-corrected chi connectivity index (χ3v) is 7.45. The molecule has 0 aliphatic carbocycles. The van der Waals surface area contributed by atoms with E-state index in [1.807, 2.05) is 42.6 Å². The number of hydrogen-bond acceptors (Lipinski definition) is 5. The van der Waals surface area contributed by atoms with Gasteiger partial charge in [-0.1, -0.05) is 12.1 Å². The Bertz CT molecular complexity index is 1570. The maximum Gasteiger partial charge on any atom is 0.229 e. The molecule has 2 atom stereocenters. The minimum absolute atomic E-state index is 0.193. The lowest BCUT2D eigenvalue weighted by Gasteiger charge is -2.28. The lowest BCUT2D eigenvalue weighted by molar-refractivity contribution is 0.565. The Balaban J connectivity index is 1.64. The van der Waals surface area contributed by atoms with Gasteiger partial charge < -0.3 is 14.8 Å². The third kappa shape index (κ3) is 4.82. The first kappa shape index (κ1) is 24.9. The molecule has 0 spiro atoms. The van der Waals surface area contributed by atoms with Crippen molar-refractivity contribution >= 4 is 38.7 Å². The van der Waals surface area contributed by atoms with Crippen LogP contribution in [-0.4, -0.2) is 34.3 Å². The highest BCUT2D eigenvalue weighted by molar-refractivity contribution is 7.92. The fraction of sp³-hybridized carbons (Fsp3) is 0.222. The van der Waals surface area contributed by atoms with E-state index in [4.69, 9.17) is 12.2 Å². The topological polar surface area (TPSA) is 92.2 Å². The molecule has 2 N–H and O–H groups in total. The molecule has 4 aromatic rings. The van der Waals surface area contributed by atoms with Crippen LogP contribution in [0.5, 0.6) is 0 Å². The fourth-order valence-corrected chi connectivity index (χ4v) is 5.89. The van der Waals surface area contributed by atoms with Crippen LogP contribution in [0.2, 0.25) is 0 Å². The van der Waals surface area contributed by atoms with Gasteiger partial charge in [0.15, 0.2) is 5.11 Å². The molecule has 1 aliphatic heterocycles. The van der Waals surface area contributed by atoms with Crippen molar-refractivity contribution in [2.45, 2.75) is 32.9 Å². The molecular formula is C27H28N6O2S2. The number of pyridine rings is 2. The van der Waals surface area contributed by atoms with Gasteiger partial charge in [0, 0.05) is 35.2 Å². The lowest BCUT2D eigenvalue weighted by atomic mass is 9.96. The maximum atomic E-state index is 11.7. The van der Waals surface area contributed by atoms with Crippen LogP contribution in [0.4, 0.5) is 11.4 Å². The summed E-state index contributed by atoms with van der Waals surface area (Å²) in [6.07, 6.45) is 4.72. The number of rotatable bonds is 6. The van der Waals surface area contributed by atoms with Crippen LogP contribution in [-0.2, 0) is 10.0 Å². The van der Waals surface area contributed by atoms with Gasteiger partial charge >= 0.3 is 0 Å². The largest absolute Gasteiger partial charge is 0.351 e. The number of aromatic nitrogens is 3. The van der Waals surface area contributed by atoms with Gasteiger partial charge in [-0.05, 0) is 92.6 Å². The van der Waals surface area contributed by atoms with E-state index >= 15 is 0 Å². The molecule has 0 bridgehead atoms. The Morgan fingerprint density at radius 3 is 2.35 bits per heavy atom. The van der Waals surface area contributed by atoms with Crippen molar-refractivity contribution in [1.82, 2.24) is 19.9 Å². The number of anilines is 2. The monoisotopic (exact) mass is 532 g/mol. The first-order valence-electron chi connectivity index (χ1n) is 11.8. The molecule has 0 radical (unpaired) electrons. The smallest absolute Gasteiger partial charge is 0.229 e. The van der Waals surface area contributed by atoms with Crippen molar-refractivity contribution in [2.75, 3.05) is 15.9 Å². The molecule has 5 rings (SSSR count). The molecule has 8 nitrogen and oxygen atoms in total. The molecule has 4 heterocycles. The summed E-state index contributed by atoms with van der Waals surface area (Å²) in [4.78, 5) is 11.4. The van der Waals surface area contributed by atoms with Crippen molar-refractivity contribution < 1.29 is 8.42 Å². The van der Waals surface area contributed by atoms with Crippen molar-refractivity contribution in [3.63, 3.8) is 0 Å². The van der Waals surface area contributed by atoms with Gasteiger partial charge in [0.25, 0.3) is 0 Å². The Kier molecular flexibility index (Phi) is 6.47. The predicted molar refractivity (Wildman–Crippen MR) is 151 cm³/mol. The molecule has 190 valence electrons. The van der Waals surface area contributed by atoms with E-state index in [2.05, 4.69) is 62.4 Å². The van der Waals surface area contributed by atoms with Gasteiger partial charge in [-0.3, -0.25) is 9.71 Å². The summed E-state index contributed by atoms with van der Waals surface area (Å²) in [5.74, 6) is 0.898. The molecule has 1 saturated heterocycles. The second kappa shape index (κ2) is 9.60. The number of nitrogens with zero attached hydrogens (tertiary/aromatic N) is 4. The van der Waals surface area contributed by atoms with E-state index in [0.29, 0.717) is 10.8 Å². The van der Waals surface area contributed by atoms with Crippen LogP contribution >= 0.6 is 12.2 Å². The zero-order chi connectivity index (χ0) is 26.3. The molecule has 1 aromatic carbocycles. The van der Waals surface area contributed by atoms with Crippen molar-refractivity contribution in [2.24, 2.45) is 0 Å². The predicted octanol–water partition coefficient (Wildman–Crippen LogP) is 4.74. The van der Waals surface area contributed by atoms with E-state index in [0.717, 1.165) is 46.0 Å². The number of aryl methyl sites for hydroxylation is 2. The summed E-state index contributed by atoms with van der Waals surface area (Å²) in [7, 11) is -3.37. The number of nitrogens with one attached hydrogen (secondary N) is 2. The molecule has 10 heteroatoms. The van der Waals surface area contributed by atoms with E-state index in [9.17, 15) is 8.42 Å². The van der Waals surface area contributed by atoms with Gasteiger partial charge in [-0.2, -0.15) is 0 Å². The first-order valence-corrected chi connectivity index (χ1v) is 14.1. The average Bonchev–Trinajstić information content (AvgIpc) is 3.35. The number of thiocarbonyl (C=S) groups is 1. The van der Waals surface area contributed by atoms with Gasteiger partial charge in [-0.25, -0.2) is 13.4 Å². The van der Waals surface area contributed by atoms with Crippen LogP contribution in [0.15, 0.2) is 73.1 Å². The third-order valence-electron chi connectivity index (χ3n) is 6.53. The zero-order valence-electron chi connectivity index (χ0n) is 21.0. The Labute approximate surface area is 222 Å². The van der Waals surface area contributed by atoms with Crippen LogP contribution in [0.1, 0.15) is 40.3 Å². The van der Waals surface area contributed by atoms with Crippen molar-refractivity contribution in [3.8, 4) is 5.82 Å². The summed E-state index contributed by atoms with van der Waals surface area (Å²) in [5, 5.41) is 4.06. The number of benzene rings is 1. The van der Waals surface area contributed by atoms with Gasteiger partial charge in [0.05, 0.1) is 24.0 Å². The summed E-state index contributed by atoms with van der Waals surface area (Å²) in [6, 6.07) is 18.9. The zero-order valence-corrected chi connectivity index (χ0v) is 22.6. The summed E-state index contributed by atoms with van der Waals surface area (Å²) < 4.78 is 28.0. The summed E-state index contributed by atoms with van der Waals surface area (Å²) in [6.45, 7) is 6.24. The fourth-order valence-electron chi connectivity index (χ4n) is 4.98. The first-order chi connectivity index (χ1) is 17.6. The Morgan fingerprint density at radius 1 is 0.973 bits per heavy atom. The molecule has 2 unspecified atom stereocenters. The lowest BCUT2D eigenvalue weighted by Crippen LogP contribution is -2.29. The molecule has 0 amide bonds. The number of hydrogen-bond donors (Lipinski definition) is 2. The van der Waals surface area contributed by atoms with Crippen LogP contribution in [0.3, 0.4) is 0 Å². The summed E-state index contributed by atoms with van der Waals surface area (Å²) in [5.41, 5.74) is 6.54. The van der Waals surface area contributed by atoms with Crippen LogP contribution in [0.25, 0.3) is 5.82 Å². The average molecular weight is 533 g/mol. The summed E-state index contributed by atoms with van der Waals surface area (Å²) >= 11 is 5.85. The molecule has 0 saturated carbocycles. The SMILES string of the molecule is Cc1cccnc1-n1c(C)cc(C2C(c3ccccn3)NC(=S)N2c2ccc(NS(C)(=O)=O)cc2)c1C. The highest BCUT2D eigenvalue weighted by Crippen LogP contribution is 2.44. The normalized spacial score (nSPS) is 17.6. The highest BCUT2D eigenvalue weighted by Gasteiger charge is 2.42. The van der Waals surface area contributed by atoms with Gasteiger partial charge in [0.2, 0.25) is 10.0 Å². The maximum absolute atomic E-state index is 11.7. The number of sulfonamides is 1. The van der Waals surface area contributed by atoms with Crippen molar-refractivity contribution in [1.29, 1.82) is 0 Å². The quantitative estimate of drug-likeness (QED) is 0.347. The highest BCUT2D eigenvalue weighted by atomic mass is 32.2. The molecule has 1 aliphatic rings. The van der Waals surface area contributed by atoms with Crippen molar-refractivity contribution in [3.05, 3.63) is 101 Å². The molecule has 3 aromatic heterocycles. The van der Waals surface area contributed by atoms with E-state index in [1.54, 1.807) is 18.3 Å². The Morgan fingerprint density at radius 2 is 1.70 bits per heavy atom. The standard InChI is InChI=1S/C27H28N6O2S2/c1-17-8-7-15-29-26(17)32-18(2)16-22(19(32)3)25-24(23-9-5-6-14-28-23)30-27(36)33(25)21-12-10-20(11-13-21)31-37(4,34)35/h5-16,24-25,31H,1-4H3,(H,30,36). The van der Waals surface area contributed by atoms with Gasteiger partial charge in [-0.15, -0.1) is 0 Å². The minimum Gasteiger partial charge on any atom is -0.351 e. The second-order valence-electron chi connectivity index (χ2n) is 9.22. The molecular weight excluding hydrogens is 504 g/mol. The van der Waals surface area contributed by atoms with Gasteiger partial charge in [0.1, 0.15) is 5.82 Å². The van der Waals surface area contributed by atoms with Crippen LogP contribution < -0.4 is 14.9 Å². The van der Waals surface area contributed by atoms with E-state index < -0.39 is 10.0 Å². The second-order valence-corrected chi connectivity index (χ2v) is 11.4.